The van der Waals surface area contributed by atoms with Crippen LogP contribution in [0, 0.1) is 0 Å². The van der Waals surface area contributed by atoms with Crippen molar-refractivity contribution in [3.63, 3.8) is 0 Å². The summed E-state index contributed by atoms with van der Waals surface area (Å²) in [5.74, 6) is -0.268. The Morgan fingerprint density at radius 1 is 1.57 bits per heavy atom. The second kappa shape index (κ2) is 5.06. The second-order valence-electron chi connectivity index (χ2n) is 2.73. The number of rotatable bonds is 5. The van der Waals surface area contributed by atoms with Crippen LogP contribution < -0.4 is 5.32 Å². The molecule has 1 N–H and O–H groups in total. The number of hydrogen-bond acceptors (Lipinski definition) is 3. The zero-order valence-electron chi connectivity index (χ0n) is 7.73. The average molecular weight is 196 g/mol. The molecule has 76 valence electrons. The normalized spacial score (nSPS) is 16.1. The van der Waals surface area contributed by atoms with Crippen molar-refractivity contribution in [2.75, 3.05) is 19.7 Å². The molecule has 0 aliphatic carbocycles. The lowest BCUT2D eigenvalue weighted by molar-refractivity contribution is -0.118. The Labute approximate surface area is 82.0 Å². The van der Waals surface area contributed by atoms with Crippen LogP contribution in [0.1, 0.15) is 0 Å². The first-order chi connectivity index (χ1) is 6.74. The van der Waals surface area contributed by atoms with E-state index in [1.54, 1.807) is 12.2 Å². The van der Waals surface area contributed by atoms with Crippen molar-refractivity contribution in [2.45, 2.75) is 0 Å². The van der Waals surface area contributed by atoms with Crippen molar-refractivity contribution in [1.29, 1.82) is 0 Å². The van der Waals surface area contributed by atoms with E-state index in [0.717, 1.165) is 0 Å². The Balaban J connectivity index is 2.24. The highest BCUT2D eigenvalue weighted by Gasteiger charge is 2.24. The SMILES string of the molecule is C=CCOC=CCN1CC(=O)NC1=O. The van der Waals surface area contributed by atoms with Crippen LogP contribution in [0.15, 0.2) is 25.0 Å². The number of nitrogens with one attached hydrogen (secondary N) is 1. The molecule has 5 heteroatoms. The predicted molar refractivity (Wildman–Crippen MR) is 50.4 cm³/mol. The summed E-state index contributed by atoms with van der Waals surface area (Å²) >= 11 is 0. The Morgan fingerprint density at radius 3 is 2.93 bits per heavy atom. The van der Waals surface area contributed by atoms with Crippen LogP contribution in [-0.4, -0.2) is 36.5 Å². The summed E-state index contributed by atoms with van der Waals surface area (Å²) in [5, 5.41) is 2.18. The van der Waals surface area contributed by atoms with E-state index in [2.05, 4.69) is 11.9 Å². The van der Waals surface area contributed by atoms with Crippen LogP contribution in [0.3, 0.4) is 0 Å². The van der Waals surface area contributed by atoms with Crippen LogP contribution in [-0.2, 0) is 9.53 Å². The van der Waals surface area contributed by atoms with Crippen molar-refractivity contribution in [3.8, 4) is 0 Å². The number of carbonyl (C=O) groups excluding carboxylic acids is 2. The summed E-state index contributed by atoms with van der Waals surface area (Å²) < 4.78 is 4.96. The van der Waals surface area contributed by atoms with Crippen LogP contribution in [0.5, 0.6) is 0 Å². The molecule has 0 aromatic carbocycles. The summed E-state index contributed by atoms with van der Waals surface area (Å²) in [6, 6.07) is -0.358. The highest BCUT2D eigenvalue weighted by molar-refractivity contribution is 6.01. The molecule has 5 nitrogen and oxygen atoms in total. The first-order valence-electron chi connectivity index (χ1n) is 4.20. The number of hydrogen-bond donors (Lipinski definition) is 1. The predicted octanol–water partition coefficient (Wildman–Crippen LogP) is 0.255. The Morgan fingerprint density at radius 2 is 2.36 bits per heavy atom. The van der Waals surface area contributed by atoms with Gasteiger partial charge in [-0.05, 0) is 6.08 Å². The van der Waals surface area contributed by atoms with Crippen LogP contribution in [0.4, 0.5) is 4.79 Å². The fourth-order valence-corrected chi connectivity index (χ4v) is 0.992. The molecule has 1 heterocycles. The molecule has 1 rings (SSSR count). The van der Waals surface area contributed by atoms with Gasteiger partial charge in [-0.3, -0.25) is 10.1 Å². The molecule has 3 amide bonds. The summed E-state index contributed by atoms with van der Waals surface area (Å²) in [5.41, 5.74) is 0. The van der Waals surface area contributed by atoms with Gasteiger partial charge in [-0.1, -0.05) is 12.7 Å². The first-order valence-corrected chi connectivity index (χ1v) is 4.20. The minimum Gasteiger partial charge on any atom is -0.497 e. The van der Waals surface area contributed by atoms with E-state index in [-0.39, 0.29) is 18.5 Å². The van der Waals surface area contributed by atoms with Gasteiger partial charge in [0.15, 0.2) is 0 Å². The van der Waals surface area contributed by atoms with E-state index in [0.29, 0.717) is 13.2 Å². The van der Waals surface area contributed by atoms with E-state index in [1.165, 1.54) is 11.2 Å². The summed E-state index contributed by atoms with van der Waals surface area (Å²) in [4.78, 5) is 23.1. The van der Waals surface area contributed by atoms with Gasteiger partial charge in [-0.15, -0.1) is 0 Å². The third kappa shape index (κ3) is 2.93. The number of ether oxygens (including phenoxy) is 1. The Bertz CT molecular complexity index is 273. The van der Waals surface area contributed by atoms with Gasteiger partial charge in [-0.2, -0.15) is 0 Å². The maximum atomic E-state index is 11.0. The largest absolute Gasteiger partial charge is 0.497 e. The molecule has 1 saturated heterocycles. The van der Waals surface area contributed by atoms with Gasteiger partial charge in [0.25, 0.3) is 0 Å². The smallest absolute Gasteiger partial charge is 0.324 e. The third-order valence-electron chi connectivity index (χ3n) is 1.60. The van der Waals surface area contributed by atoms with E-state index in [4.69, 9.17) is 4.74 Å². The van der Waals surface area contributed by atoms with E-state index in [9.17, 15) is 9.59 Å². The van der Waals surface area contributed by atoms with Crippen molar-refractivity contribution in [1.82, 2.24) is 10.2 Å². The zero-order chi connectivity index (χ0) is 10.4. The Kier molecular flexibility index (Phi) is 3.72. The van der Waals surface area contributed by atoms with Crippen LogP contribution >= 0.6 is 0 Å². The lowest BCUT2D eigenvalue weighted by atomic mass is 10.5. The molecule has 0 saturated carbocycles. The quantitative estimate of drug-likeness (QED) is 0.297. The summed E-state index contributed by atoms with van der Waals surface area (Å²) in [6.07, 6.45) is 4.77. The fraction of sp³-hybridized carbons (Fsp3) is 0.333. The van der Waals surface area contributed by atoms with Gasteiger partial charge < -0.3 is 9.64 Å². The number of amides is 3. The lowest BCUT2D eigenvalue weighted by Gasteiger charge is -2.08. The molecule has 0 radical (unpaired) electrons. The maximum Gasteiger partial charge on any atom is 0.324 e. The minimum absolute atomic E-state index is 0.116. The molecule has 0 bridgehead atoms. The van der Waals surface area contributed by atoms with E-state index < -0.39 is 0 Å². The zero-order valence-corrected chi connectivity index (χ0v) is 7.73. The monoisotopic (exact) mass is 196 g/mol. The topological polar surface area (TPSA) is 58.6 Å². The van der Waals surface area contributed by atoms with Crippen molar-refractivity contribution in [2.24, 2.45) is 0 Å². The summed E-state index contributed by atoms with van der Waals surface area (Å²) in [6.45, 7) is 4.40. The molecule has 1 aliphatic heterocycles. The van der Waals surface area contributed by atoms with Crippen LogP contribution in [0.2, 0.25) is 0 Å². The van der Waals surface area contributed by atoms with Gasteiger partial charge in [0.1, 0.15) is 13.2 Å². The van der Waals surface area contributed by atoms with Crippen molar-refractivity contribution < 1.29 is 14.3 Å². The molecular weight excluding hydrogens is 184 g/mol. The van der Waals surface area contributed by atoms with Gasteiger partial charge in [0.2, 0.25) is 5.91 Å². The highest BCUT2D eigenvalue weighted by Crippen LogP contribution is 1.97. The van der Waals surface area contributed by atoms with Crippen molar-refractivity contribution >= 4 is 11.9 Å². The average Bonchev–Trinajstić information content (AvgIpc) is 2.45. The van der Waals surface area contributed by atoms with Gasteiger partial charge in [-0.25, -0.2) is 4.79 Å². The molecule has 0 aromatic rings. The number of carbonyl (C=O) groups is 2. The molecule has 0 atom stereocenters. The Hall–Kier alpha value is -1.78. The number of urea groups is 1. The van der Waals surface area contributed by atoms with E-state index in [1.807, 2.05) is 0 Å². The molecular formula is C9H12N2O3. The van der Waals surface area contributed by atoms with Gasteiger partial charge in [0.05, 0.1) is 6.26 Å². The van der Waals surface area contributed by atoms with Gasteiger partial charge >= 0.3 is 6.03 Å². The molecule has 14 heavy (non-hydrogen) atoms. The highest BCUT2D eigenvalue weighted by atomic mass is 16.5. The number of imide groups is 1. The third-order valence-corrected chi connectivity index (χ3v) is 1.60. The molecule has 1 aliphatic rings. The number of nitrogens with zero attached hydrogens (tertiary/aromatic N) is 1. The standard InChI is InChI=1S/C9H12N2O3/c1-2-5-14-6-3-4-11-7-8(12)10-9(11)13/h2-3,6H,1,4-5,7H2,(H,10,12,13). The molecule has 0 aromatic heterocycles. The molecule has 1 fully saturated rings. The fourth-order valence-electron chi connectivity index (χ4n) is 0.992. The van der Waals surface area contributed by atoms with Crippen molar-refractivity contribution in [3.05, 3.63) is 25.0 Å². The van der Waals surface area contributed by atoms with E-state index >= 15 is 0 Å². The maximum absolute atomic E-state index is 11.0. The summed E-state index contributed by atoms with van der Waals surface area (Å²) in [7, 11) is 0. The van der Waals surface area contributed by atoms with Crippen LogP contribution in [0.25, 0.3) is 0 Å². The molecule has 0 spiro atoms. The minimum atomic E-state index is -0.358. The van der Waals surface area contributed by atoms with Gasteiger partial charge in [0, 0.05) is 6.54 Å². The first kappa shape index (κ1) is 10.3. The lowest BCUT2D eigenvalue weighted by Crippen LogP contribution is -2.28. The second-order valence-corrected chi connectivity index (χ2v) is 2.73. The molecule has 0 unspecified atom stereocenters.